The molecule has 1 heterocycles. The van der Waals surface area contributed by atoms with Crippen molar-refractivity contribution in [3.8, 4) is 0 Å². The molecule has 1 aliphatic rings. The number of hydrazine groups is 1. The lowest BCUT2D eigenvalue weighted by atomic mass is 9.99. The van der Waals surface area contributed by atoms with Crippen LogP contribution in [0.5, 0.6) is 0 Å². The van der Waals surface area contributed by atoms with Gasteiger partial charge in [-0.2, -0.15) is 4.31 Å². The predicted octanol–water partition coefficient (Wildman–Crippen LogP) is 3.99. The van der Waals surface area contributed by atoms with Gasteiger partial charge in [-0.25, -0.2) is 13.2 Å². The van der Waals surface area contributed by atoms with Crippen LogP contribution in [-0.2, 0) is 14.8 Å². The number of nitrogens with zero attached hydrogens (tertiary/aromatic N) is 1. The Balaban J connectivity index is 1.45. The van der Waals surface area contributed by atoms with Gasteiger partial charge in [-0.15, -0.1) is 0 Å². The first kappa shape index (κ1) is 25.5. The van der Waals surface area contributed by atoms with Crippen LogP contribution in [0.3, 0.4) is 0 Å². The van der Waals surface area contributed by atoms with Crippen LogP contribution in [0, 0.1) is 0 Å². The number of sulfonamides is 1. The maximum Gasteiger partial charge on any atom is 0.334 e. The molecule has 3 aromatic rings. The number of benzene rings is 3. The van der Waals surface area contributed by atoms with E-state index in [-0.39, 0.29) is 28.6 Å². The van der Waals surface area contributed by atoms with Gasteiger partial charge in [-0.1, -0.05) is 72.3 Å². The number of carbonyl (C=O) groups is 2. The van der Waals surface area contributed by atoms with Gasteiger partial charge in [0.2, 0.25) is 10.0 Å². The molecule has 0 spiro atoms. The molecule has 36 heavy (non-hydrogen) atoms. The number of carbonyl (C=O) groups excluding carboxylic acids is 1. The Labute approximate surface area is 214 Å². The summed E-state index contributed by atoms with van der Waals surface area (Å²) in [6.07, 6.45) is 0.726. The third-order valence-electron chi connectivity index (χ3n) is 5.89. The number of urea groups is 1. The number of amides is 2. The van der Waals surface area contributed by atoms with Crippen LogP contribution >= 0.6 is 11.6 Å². The summed E-state index contributed by atoms with van der Waals surface area (Å²) < 4.78 is 26.9. The zero-order chi connectivity index (χ0) is 25.7. The minimum absolute atomic E-state index is 0.0464. The van der Waals surface area contributed by atoms with Crippen molar-refractivity contribution < 1.29 is 23.1 Å². The summed E-state index contributed by atoms with van der Waals surface area (Å²) in [5.74, 6) is -1.18. The van der Waals surface area contributed by atoms with Crippen LogP contribution in [0.2, 0.25) is 5.02 Å². The lowest BCUT2D eigenvalue weighted by Crippen LogP contribution is -2.41. The van der Waals surface area contributed by atoms with E-state index in [1.165, 1.54) is 18.2 Å². The highest BCUT2D eigenvalue weighted by Crippen LogP contribution is 2.30. The molecule has 9 nitrogen and oxygen atoms in total. The van der Waals surface area contributed by atoms with E-state index in [0.29, 0.717) is 6.42 Å². The van der Waals surface area contributed by atoms with Crippen LogP contribution < -0.4 is 16.2 Å². The van der Waals surface area contributed by atoms with E-state index >= 15 is 0 Å². The van der Waals surface area contributed by atoms with Crippen molar-refractivity contribution in [3.63, 3.8) is 0 Å². The molecular weight excluding hydrogens is 504 g/mol. The molecule has 2 amide bonds. The van der Waals surface area contributed by atoms with Gasteiger partial charge in [0.15, 0.2) is 0 Å². The van der Waals surface area contributed by atoms with Gasteiger partial charge in [0.1, 0.15) is 6.04 Å². The minimum Gasteiger partial charge on any atom is -0.480 e. The summed E-state index contributed by atoms with van der Waals surface area (Å²) in [6.45, 7) is 0.128. The molecule has 11 heteroatoms. The molecule has 0 unspecified atom stereocenters. The summed E-state index contributed by atoms with van der Waals surface area (Å²) >= 11 is 6.29. The second kappa shape index (κ2) is 11.0. The van der Waals surface area contributed by atoms with Crippen LogP contribution in [-0.4, -0.2) is 42.4 Å². The fourth-order valence-electron chi connectivity index (χ4n) is 4.11. The Kier molecular flexibility index (Phi) is 7.78. The van der Waals surface area contributed by atoms with Gasteiger partial charge in [0.05, 0.1) is 21.6 Å². The molecule has 0 aromatic heterocycles. The van der Waals surface area contributed by atoms with E-state index in [0.717, 1.165) is 15.4 Å². The first-order valence-corrected chi connectivity index (χ1v) is 13.1. The van der Waals surface area contributed by atoms with Crippen molar-refractivity contribution >= 4 is 39.3 Å². The maximum absolute atomic E-state index is 13.0. The molecule has 0 saturated carbocycles. The van der Waals surface area contributed by atoms with Crippen LogP contribution in [0.15, 0.2) is 83.8 Å². The summed E-state index contributed by atoms with van der Waals surface area (Å²) in [5.41, 5.74) is 7.29. The number of halogens is 1. The second-order valence-electron chi connectivity index (χ2n) is 8.23. The van der Waals surface area contributed by atoms with E-state index in [1.54, 1.807) is 0 Å². The number of hydrogen-bond acceptors (Lipinski definition) is 5. The highest BCUT2D eigenvalue weighted by atomic mass is 35.5. The quantitative estimate of drug-likeness (QED) is 0.327. The van der Waals surface area contributed by atoms with E-state index in [2.05, 4.69) is 16.2 Å². The first-order chi connectivity index (χ1) is 17.3. The van der Waals surface area contributed by atoms with Crippen molar-refractivity contribution in [2.75, 3.05) is 12.0 Å². The molecule has 0 aliphatic carbocycles. The molecule has 1 atom stereocenters. The Morgan fingerprint density at radius 2 is 1.58 bits per heavy atom. The number of nitrogens with one attached hydrogen (secondary N) is 3. The predicted molar refractivity (Wildman–Crippen MR) is 136 cm³/mol. The van der Waals surface area contributed by atoms with E-state index in [4.69, 9.17) is 11.6 Å². The van der Waals surface area contributed by atoms with Gasteiger partial charge in [-0.3, -0.25) is 15.6 Å². The molecule has 0 radical (unpaired) electrons. The van der Waals surface area contributed by atoms with Crippen LogP contribution in [0.1, 0.15) is 30.0 Å². The zero-order valence-electron chi connectivity index (χ0n) is 19.1. The first-order valence-electron chi connectivity index (χ1n) is 11.2. The molecule has 3 aromatic carbocycles. The number of carboxylic acid groups (broad SMARTS) is 1. The lowest BCUT2D eigenvalue weighted by molar-refractivity contribution is -0.140. The lowest BCUT2D eigenvalue weighted by Gasteiger charge is -2.22. The number of hydrogen-bond donors (Lipinski definition) is 4. The van der Waals surface area contributed by atoms with E-state index in [1.807, 2.05) is 60.7 Å². The van der Waals surface area contributed by atoms with Crippen LogP contribution in [0.25, 0.3) is 0 Å². The van der Waals surface area contributed by atoms with Gasteiger partial charge in [0.25, 0.3) is 0 Å². The van der Waals surface area contributed by atoms with Crippen LogP contribution in [0.4, 0.5) is 10.5 Å². The third kappa shape index (κ3) is 5.62. The van der Waals surface area contributed by atoms with Crippen molar-refractivity contribution in [3.05, 3.63) is 95.0 Å². The third-order valence-corrected chi connectivity index (χ3v) is 8.10. The summed E-state index contributed by atoms with van der Waals surface area (Å²) in [5, 5.41) is 12.3. The standard InChI is InChI=1S/C25H25ClN4O5S/c26-20-16-19(36(34,35)30-15-7-12-22(30)24(31)32)13-14-21(20)28-29-25(33)27-23(17-8-3-1-4-9-17)18-10-5-2-6-11-18/h1-6,8-11,13-14,16,22-23,28H,7,12,15H2,(H,31,32)(H2,27,29,33)/t22-/m0/s1. The molecule has 4 rings (SSSR count). The molecule has 0 bridgehead atoms. The smallest absolute Gasteiger partial charge is 0.334 e. The largest absolute Gasteiger partial charge is 0.480 e. The maximum atomic E-state index is 13.0. The highest BCUT2D eigenvalue weighted by Gasteiger charge is 2.39. The fourth-order valence-corrected chi connectivity index (χ4v) is 6.08. The monoisotopic (exact) mass is 528 g/mol. The summed E-state index contributed by atoms with van der Waals surface area (Å²) in [7, 11) is -4.04. The molecule has 1 aliphatic heterocycles. The molecule has 1 fully saturated rings. The van der Waals surface area contributed by atoms with E-state index < -0.39 is 34.1 Å². The van der Waals surface area contributed by atoms with Gasteiger partial charge in [0, 0.05) is 6.54 Å². The van der Waals surface area contributed by atoms with Gasteiger partial charge in [-0.05, 0) is 42.2 Å². The number of aliphatic carboxylic acids is 1. The Hall–Kier alpha value is -3.60. The SMILES string of the molecule is O=C(NNc1ccc(S(=O)(=O)N2CCC[C@H]2C(=O)O)cc1Cl)NC(c1ccccc1)c1ccccc1. The molecular formula is C25H25ClN4O5S. The average Bonchev–Trinajstić information content (AvgIpc) is 3.39. The minimum atomic E-state index is -4.04. The molecule has 188 valence electrons. The Morgan fingerprint density at radius 3 is 2.14 bits per heavy atom. The molecule has 1 saturated heterocycles. The zero-order valence-corrected chi connectivity index (χ0v) is 20.7. The Bertz CT molecular complexity index is 1300. The van der Waals surface area contributed by atoms with Crippen molar-refractivity contribution in [1.29, 1.82) is 0 Å². The van der Waals surface area contributed by atoms with E-state index in [9.17, 15) is 23.1 Å². The van der Waals surface area contributed by atoms with Crippen molar-refractivity contribution in [2.24, 2.45) is 0 Å². The number of rotatable bonds is 8. The Morgan fingerprint density at radius 1 is 0.972 bits per heavy atom. The highest BCUT2D eigenvalue weighted by molar-refractivity contribution is 7.89. The normalized spacial score (nSPS) is 16.0. The average molecular weight is 529 g/mol. The summed E-state index contributed by atoms with van der Waals surface area (Å²) in [4.78, 5) is 24.0. The number of anilines is 1. The fraction of sp³-hybridized carbons (Fsp3) is 0.200. The number of carboxylic acids is 1. The second-order valence-corrected chi connectivity index (χ2v) is 10.5. The topological polar surface area (TPSA) is 128 Å². The van der Waals surface area contributed by atoms with Crippen molar-refractivity contribution in [1.82, 2.24) is 15.0 Å². The summed E-state index contributed by atoms with van der Waals surface area (Å²) in [6, 6.07) is 20.9. The van der Waals surface area contributed by atoms with Gasteiger partial charge >= 0.3 is 12.0 Å². The molecule has 4 N–H and O–H groups in total. The van der Waals surface area contributed by atoms with Crippen molar-refractivity contribution in [2.45, 2.75) is 29.8 Å². The van der Waals surface area contributed by atoms with Gasteiger partial charge < -0.3 is 10.4 Å².